The van der Waals surface area contributed by atoms with E-state index in [0.717, 1.165) is 60.6 Å². The summed E-state index contributed by atoms with van der Waals surface area (Å²) >= 11 is 3.18. The van der Waals surface area contributed by atoms with E-state index in [9.17, 15) is 19.9 Å². The van der Waals surface area contributed by atoms with Crippen LogP contribution in [0.2, 0.25) is 0 Å². The van der Waals surface area contributed by atoms with Gasteiger partial charge in [0.05, 0.1) is 32.8 Å². The van der Waals surface area contributed by atoms with Gasteiger partial charge < -0.3 is 30.0 Å². The Kier molecular flexibility index (Phi) is 10.4. The Hall–Kier alpha value is -5.82. The highest BCUT2D eigenvalue weighted by atomic mass is 32.1. The Labute approximate surface area is 337 Å². The lowest BCUT2D eigenvalue weighted by molar-refractivity contribution is -0.0804. The summed E-state index contributed by atoms with van der Waals surface area (Å²) in [4.78, 5) is 39.9. The van der Waals surface area contributed by atoms with Crippen LogP contribution in [-0.2, 0) is 0 Å². The summed E-state index contributed by atoms with van der Waals surface area (Å²) in [5.41, 5.74) is 7.10. The van der Waals surface area contributed by atoms with Crippen molar-refractivity contribution in [1.82, 2.24) is 40.7 Å². The van der Waals surface area contributed by atoms with Gasteiger partial charge in [0.1, 0.15) is 23.9 Å². The van der Waals surface area contributed by atoms with Crippen LogP contribution in [0, 0.1) is 13.8 Å². The maximum atomic E-state index is 14.2. The lowest BCUT2D eigenvalue weighted by Gasteiger charge is -2.35. The highest BCUT2D eigenvalue weighted by Crippen LogP contribution is 2.39. The quantitative estimate of drug-likeness (QED) is 0.143. The summed E-state index contributed by atoms with van der Waals surface area (Å²) in [5, 5.41) is 42.5. The van der Waals surface area contributed by atoms with Crippen LogP contribution in [0.1, 0.15) is 43.6 Å². The van der Waals surface area contributed by atoms with E-state index in [1.54, 1.807) is 40.9 Å². The lowest BCUT2D eigenvalue weighted by Crippen LogP contribution is -2.55. The van der Waals surface area contributed by atoms with Crippen LogP contribution in [0.25, 0.3) is 31.9 Å². The maximum absolute atomic E-state index is 14.2. The number of amides is 4. The van der Waals surface area contributed by atoms with Gasteiger partial charge in [0, 0.05) is 49.2 Å². The van der Waals surface area contributed by atoms with E-state index in [2.05, 4.69) is 42.4 Å². The smallest absolute Gasteiger partial charge is 0.347 e. The van der Waals surface area contributed by atoms with E-state index in [0.29, 0.717) is 30.2 Å². The fraction of sp³-hybridized carbons (Fsp3) is 0.333. The monoisotopic (exact) mass is 809 g/mol. The highest BCUT2D eigenvalue weighted by molar-refractivity contribution is 7.22. The summed E-state index contributed by atoms with van der Waals surface area (Å²) in [6.45, 7) is 12.0. The number of carbonyl (C=O) groups excluding carboxylic acids is 2. The molecule has 6 heterocycles. The molecule has 1 atom stereocenters. The van der Waals surface area contributed by atoms with E-state index < -0.39 is 12.1 Å². The van der Waals surface area contributed by atoms with Gasteiger partial charge in [-0.05, 0) is 69.5 Å². The SMILES string of the molecule is Cc1ncsc1-c1ccc([C@H](C)NC(=O)N2CN(O)CN2C(=O)N(c2cc(N3CCN(c4sc5nnc(-c6ccccc6O)cc5c4C)CC3)no2)C(C)C)cc1. The number of benzene rings is 2. The number of nitrogens with one attached hydrogen (secondary N) is 1. The van der Waals surface area contributed by atoms with Gasteiger partial charge in [-0.15, -0.1) is 26.6 Å². The molecule has 0 unspecified atom stereocenters. The zero-order chi connectivity index (χ0) is 40.0. The van der Waals surface area contributed by atoms with Crippen LogP contribution in [-0.4, -0.2) is 103 Å². The predicted molar refractivity (Wildman–Crippen MR) is 219 cm³/mol. The molecule has 2 saturated heterocycles. The number of rotatable bonds is 8. The van der Waals surface area contributed by atoms with Crippen LogP contribution >= 0.6 is 22.7 Å². The van der Waals surface area contributed by atoms with Gasteiger partial charge in [-0.3, -0.25) is 4.90 Å². The number of aromatic nitrogens is 4. The van der Waals surface area contributed by atoms with Gasteiger partial charge in [-0.25, -0.2) is 24.6 Å². The number of aromatic hydroxyl groups is 1. The third kappa shape index (κ3) is 7.43. The van der Waals surface area contributed by atoms with Gasteiger partial charge in [0.15, 0.2) is 5.82 Å². The Morgan fingerprint density at radius 3 is 2.35 bits per heavy atom. The third-order valence-corrected chi connectivity index (χ3v) is 12.5. The van der Waals surface area contributed by atoms with Gasteiger partial charge in [-0.2, -0.15) is 0 Å². The number of fused-ring (bicyclic) bond motifs is 1. The number of hydrogen-bond acceptors (Lipinski definition) is 14. The van der Waals surface area contributed by atoms with Crippen molar-refractivity contribution >= 4 is 61.7 Å². The molecule has 2 aliphatic rings. The number of thiazole rings is 1. The predicted octanol–water partition coefficient (Wildman–Crippen LogP) is 7.06. The number of hydrazine groups is 1. The van der Waals surface area contributed by atoms with Gasteiger partial charge >= 0.3 is 12.1 Å². The number of phenols is 1. The van der Waals surface area contributed by atoms with Crippen molar-refractivity contribution in [3.63, 3.8) is 0 Å². The third-order valence-electron chi connectivity index (χ3n) is 10.3. The number of urea groups is 2. The molecule has 57 heavy (non-hydrogen) atoms. The van der Waals surface area contributed by atoms with Crippen molar-refractivity contribution in [2.45, 2.75) is 46.7 Å². The van der Waals surface area contributed by atoms with E-state index >= 15 is 0 Å². The second kappa shape index (κ2) is 15.6. The van der Waals surface area contributed by atoms with Crippen molar-refractivity contribution in [2.24, 2.45) is 0 Å². The Morgan fingerprint density at radius 2 is 1.65 bits per heavy atom. The van der Waals surface area contributed by atoms with Crippen molar-refractivity contribution in [2.75, 3.05) is 54.2 Å². The molecular formula is C39H43N11O5S2. The minimum Gasteiger partial charge on any atom is -0.507 e. The molecule has 0 aliphatic carbocycles. The molecule has 4 amide bonds. The molecule has 16 nitrogen and oxygen atoms in total. The highest BCUT2D eigenvalue weighted by Gasteiger charge is 2.40. The number of para-hydroxylation sites is 1. The van der Waals surface area contributed by atoms with Crippen LogP contribution in [0.5, 0.6) is 5.75 Å². The summed E-state index contributed by atoms with van der Waals surface area (Å²) in [6.07, 6.45) is 0. The van der Waals surface area contributed by atoms with Crippen molar-refractivity contribution in [3.05, 3.63) is 83.0 Å². The number of hydrogen-bond donors (Lipinski definition) is 3. The van der Waals surface area contributed by atoms with Gasteiger partial charge in [0.2, 0.25) is 5.88 Å². The van der Waals surface area contributed by atoms with Crippen LogP contribution < -0.4 is 20.0 Å². The average Bonchev–Trinajstić information content (AvgIpc) is 4.02. The Bertz CT molecular complexity index is 2410. The largest absolute Gasteiger partial charge is 0.507 e. The molecule has 0 radical (unpaired) electrons. The zero-order valence-corrected chi connectivity index (χ0v) is 33.8. The molecule has 2 aliphatic heterocycles. The molecule has 8 rings (SSSR count). The second-order valence-corrected chi connectivity index (χ2v) is 16.2. The lowest BCUT2D eigenvalue weighted by atomic mass is 10.1. The van der Waals surface area contributed by atoms with Crippen LogP contribution in [0.4, 0.5) is 26.3 Å². The zero-order valence-electron chi connectivity index (χ0n) is 32.2. The van der Waals surface area contributed by atoms with Crippen LogP contribution in [0.3, 0.4) is 0 Å². The number of anilines is 3. The summed E-state index contributed by atoms with van der Waals surface area (Å²) in [6, 6.07) is 16.9. The van der Waals surface area contributed by atoms with Crippen molar-refractivity contribution < 1.29 is 24.4 Å². The minimum atomic E-state index is -0.546. The molecule has 3 N–H and O–H groups in total. The first-order valence-corrected chi connectivity index (χ1v) is 20.3. The number of carbonyl (C=O) groups is 2. The maximum Gasteiger partial charge on any atom is 0.347 e. The molecule has 0 spiro atoms. The first-order valence-electron chi connectivity index (χ1n) is 18.6. The minimum absolute atomic E-state index is 0.163. The molecule has 6 aromatic rings. The molecule has 2 aromatic carbocycles. The molecule has 2 fully saturated rings. The molecule has 0 saturated carbocycles. The number of hydroxylamine groups is 2. The average molecular weight is 810 g/mol. The number of piperazine rings is 1. The second-order valence-electron chi connectivity index (χ2n) is 14.4. The Balaban J connectivity index is 0.919. The molecular weight excluding hydrogens is 767 g/mol. The van der Waals surface area contributed by atoms with E-state index in [1.165, 1.54) is 14.9 Å². The van der Waals surface area contributed by atoms with E-state index in [1.807, 2.05) is 75.7 Å². The molecule has 296 valence electrons. The standard InChI is InChI=1S/C39H43N11O5S2/c1-23(2)50(39(53)49-22-47(54)21-48(49)38(52)41-25(4)27-10-12-28(13-11-27)35-26(5)40-20-56-35)34-19-33(44-55-34)45-14-16-46(17-15-45)37-24(3)30-18-31(42-43-36(30)57-37)29-8-6-7-9-32(29)51/h6-13,18-20,23,25,51,54H,14-17,21-22H2,1-5H3,(H,41,52)/t25-/m0/s1. The first kappa shape index (κ1) is 38.1. The number of nitrogens with zero attached hydrogens (tertiary/aromatic N) is 10. The summed E-state index contributed by atoms with van der Waals surface area (Å²) in [7, 11) is 0. The topological polar surface area (TPSA) is 171 Å². The molecule has 0 bridgehead atoms. The fourth-order valence-electron chi connectivity index (χ4n) is 7.17. The number of thiophene rings is 1. The number of aryl methyl sites for hydroxylation is 2. The molecule has 4 aromatic heterocycles. The van der Waals surface area contributed by atoms with Crippen LogP contribution in [0.15, 0.2) is 70.7 Å². The van der Waals surface area contributed by atoms with Crippen molar-refractivity contribution in [1.29, 1.82) is 0 Å². The fourth-order valence-corrected chi connectivity index (χ4v) is 9.15. The first-order chi connectivity index (χ1) is 27.5. The van der Waals surface area contributed by atoms with Gasteiger partial charge in [0.25, 0.3) is 0 Å². The normalized spacial score (nSPS) is 15.6. The molecule has 18 heteroatoms. The van der Waals surface area contributed by atoms with Gasteiger partial charge in [-0.1, -0.05) is 52.9 Å². The van der Waals surface area contributed by atoms with Crippen molar-refractivity contribution in [3.8, 4) is 27.4 Å². The van der Waals surface area contributed by atoms with E-state index in [-0.39, 0.29) is 37.1 Å². The Morgan fingerprint density at radius 1 is 0.930 bits per heavy atom. The summed E-state index contributed by atoms with van der Waals surface area (Å²) in [5.74, 6) is 0.990. The summed E-state index contributed by atoms with van der Waals surface area (Å²) < 4.78 is 5.78. The number of phenolic OH excluding ortho intramolecular Hbond substituents is 1. The van der Waals surface area contributed by atoms with E-state index in [4.69, 9.17) is 4.52 Å².